The maximum atomic E-state index is 4.19. The van der Waals surface area contributed by atoms with Crippen molar-refractivity contribution in [3.05, 3.63) is 29.9 Å². The van der Waals surface area contributed by atoms with Crippen LogP contribution in [0, 0.1) is 6.92 Å². The van der Waals surface area contributed by atoms with Crippen LogP contribution in [0.2, 0.25) is 0 Å². The molecule has 0 unspecified atom stereocenters. The molecule has 6 nitrogen and oxygen atoms in total. The van der Waals surface area contributed by atoms with Gasteiger partial charge in [0.15, 0.2) is 5.82 Å². The molecule has 0 aliphatic carbocycles. The van der Waals surface area contributed by atoms with Crippen molar-refractivity contribution in [1.29, 1.82) is 0 Å². The van der Waals surface area contributed by atoms with Gasteiger partial charge < -0.3 is 10.3 Å². The smallest absolute Gasteiger partial charge is 0.164 e. The summed E-state index contributed by atoms with van der Waals surface area (Å²) in [4.78, 5) is 11.3. The van der Waals surface area contributed by atoms with E-state index in [4.69, 9.17) is 0 Å². The fourth-order valence-corrected chi connectivity index (χ4v) is 1.32. The van der Waals surface area contributed by atoms with E-state index >= 15 is 0 Å². The highest BCUT2D eigenvalue weighted by molar-refractivity contribution is 5.07. The third kappa shape index (κ3) is 2.41. The van der Waals surface area contributed by atoms with Gasteiger partial charge in [0, 0.05) is 19.3 Å². The van der Waals surface area contributed by atoms with Crippen molar-refractivity contribution in [3.8, 4) is 0 Å². The number of hydrogen-bond acceptors (Lipinski definition) is 4. The third-order valence-electron chi connectivity index (χ3n) is 2.16. The van der Waals surface area contributed by atoms with Crippen LogP contribution in [0.5, 0.6) is 0 Å². The van der Waals surface area contributed by atoms with Crippen LogP contribution in [0.3, 0.4) is 0 Å². The molecule has 0 aliphatic heterocycles. The average molecular weight is 206 g/mol. The minimum atomic E-state index is 0.660. The molecule has 2 N–H and O–H groups in total. The number of aromatic nitrogens is 5. The molecular formula is C9H14N6. The lowest BCUT2D eigenvalue weighted by molar-refractivity contribution is 0.640. The molecule has 0 aromatic carbocycles. The molecule has 2 rings (SSSR count). The van der Waals surface area contributed by atoms with Crippen LogP contribution in [-0.4, -0.2) is 24.7 Å². The Labute approximate surface area is 87.8 Å². The first-order chi connectivity index (χ1) is 7.25. The lowest BCUT2D eigenvalue weighted by atomic mass is 10.3. The monoisotopic (exact) mass is 206 g/mol. The Hall–Kier alpha value is -1.69. The Balaban J connectivity index is 1.83. The molecule has 0 aliphatic rings. The molecule has 0 fully saturated rings. The van der Waals surface area contributed by atoms with E-state index in [1.807, 2.05) is 14.0 Å². The first-order valence-corrected chi connectivity index (χ1v) is 4.80. The Morgan fingerprint density at radius 3 is 2.87 bits per heavy atom. The third-order valence-corrected chi connectivity index (χ3v) is 2.16. The lowest BCUT2D eigenvalue weighted by Crippen LogP contribution is -2.14. The predicted octanol–water partition coefficient (Wildman–Crippen LogP) is 0.136. The van der Waals surface area contributed by atoms with Gasteiger partial charge in [0.1, 0.15) is 6.33 Å². The summed E-state index contributed by atoms with van der Waals surface area (Å²) in [6, 6.07) is 0. The molecular weight excluding hydrogens is 192 g/mol. The lowest BCUT2D eigenvalue weighted by Gasteiger charge is -1.99. The quantitative estimate of drug-likeness (QED) is 0.746. The summed E-state index contributed by atoms with van der Waals surface area (Å²) >= 11 is 0. The Morgan fingerprint density at radius 1 is 1.40 bits per heavy atom. The topological polar surface area (TPSA) is 71.4 Å². The van der Waals surface area contributed by atoms with Gasteiger partial charge in [-0.15, -0.1) is 0 Å². The molecule has 15 heavy (non-hydrogen) atoms. The highest BCUT2D eigenvalue weighted by Gasteiger charge is 2.01. The summed E-state index contributed by atoms with van der Waals surface area (Å²) in [7, 11) is 1.86. The number of aromatic amines is 1. The van der Waals surface area contributed by atoms with Crippen molar-refractivity contribution in [2.45, 2.75) is 20.0 Å². The molecule has 2 heterocycles. The van der Waals surface area contributed by atoms with E-state index in [9.17, 15) is 0 Å². The Kier molecular flexibility index (Phi) is 2.77. The summed E-state index contributed by atoms with van der Waals surface area (Å²) in [5.41, 5.74) is 2.13. The summed E-state index contributed by atoms with van der Waals surface area (Å²) in [6.45, 7) is 3.39. The summed E-state index contributed by atoms with van der Waals surface area (Å²) < 4.78 is 1.69. The zero-order valence-corrected chi connectivity index (χ0v) is 8.86. The molecule has 2 aromatic heterocycles. The number of nitrogens with zero attached hydrogens (tertiary/aromatic N) is 4. The summed E-state index contributed by atoms with van der Waals surface area (Å²) in [5.74, 6) is 0.797. The molecule has 0 saturated heterocycles. The van der Waals surface area contributed by atoms with E-state index in [2.05, 4.69) is 25.4 Å². The van der Waals surface area contributed by atoms with Crippen molar-refractivity contribution >= 4 is 0 Å². The van der Waals surface area contributed by atoms with Crippen molar-refractivity contribution in [1.82, 2.24) is 30.0 Å². The molecule has 0 spiro atoms. The molecule has 0 amide bonds. The first-order valence-electron chi connectivity index (χ1n) is 4.80. The van der Waals surface area contributed by atoms with Gasteiger partial charge in [-0.2, -0.15) is 5.10 Å². The van der Waals surface area contributed by atoms with E-state index in [0.29, 0.717) is 6.54 Å². The largest absolute Gasteiger partial charge is 0.348 e. The van der Waals surface area contributed by atoms with Gasteiger partial charge >= 0.3 is 0 Å². The zero-order valence-electron chi connectivity index (χ0n) is 8.86. The van der Waals surface area contributed by atoms with Crippen molar-refractivity contribution < 1.29 is 0 Å². The van der Waals surface area contributed by atoms with E-state index in [1.165, 1.54) is 0 Å². The molecule has 2 aromatic rings. The maximum Gasteiger partial charge on any atom is 0.164 e. The first kappa shape index (κ1) is 9.85. The molecule has 6 heteroatoms. The standard InChI is InChI=1S/C9H14N6/c1-7-8(12-5-11-7)3-10-4-9-13-6-15(2)14-9/h5-6,10H,3-4H2,1-2H3,(H,11,12). The van der Waals surface area contributed by atoms with Crippen LogP contribution in [0.15, 0.2) is 12.7 Å². The minimum absolute atomic E-state index is 0.660. The molecule has 0 atom stereocenters. The highest BCUT2D eigenvalue weighted by atomic mass is 15.3. The van der Waals surface area contributed by atoms with Gasteiger partial charge in [0.25, 0.3) is 0 Å². The maximum absolute atomic E-state index is 4.19. The van der Waals surface area contributed by atoms with Gasteiger partial charge in [-0.05, 0) is 6.92 Å². The molecule has 0 radical (unpaired) electrons. The normalized spacial score (nSPS) is 10.8. The van der Waals surface area contributed by atoms with Gasteiger partial charge in [0.05, 0.1) is 18.6 Å². The van der Waals surface area contributed by atoms with Gasteiger partial charge in [-0.25, -0.2) is 9.97 Å². The number of rotatable bonds is 4. The second-order valence-corrected chi connectivity index (χ2v) is 3.41. The molecule has 0 bridgehead atoms. The van der Waals surface area contributed by atoms with Gasteiger partial charge in [0.2, 0.25) is 0 Å². The van der Waals surface area contributed by atoms with Crippen LogP contribution < -0.4 is 5.32 Å². The van der Waals surface area contributed by atoms with Crippen LogP contribution in [0.25, 0.3) is 0 Å². The van der Waals surface area contributed by atoms with E-state index in [1.54, 1.807) is 17.3 Å². The van der Waals surface area contributed by atoms with Crippen molar-refractivity contribution in [2.75, 3.05) is 0 Å². The number of imidazole rings is 1. The fourth-order valence-electron chi connectivity index (χ4n) is 1.32. The molecule has 80 valence electrons. The second-order valence-electron chi connectivity index (χ2n) is 3.41. The van der Waals surface area contributed by atoms with E-state index in [0.717, 1.165) is 23.8 Å². The average Bonchev–Trinajstić information content (AvgIpc) is 2.77. The van der Waals surface area contributed by atoms with E-state index < -0.39 is 0 Å². The fraction of sp³-hybridized carbons (Fsp3) is 0.444. The number of hydrogen-bond donors (Lipinski definition) is 2. The second kappa shape index (κ2) is 4.22. The highest BCUT2D eigenvalue weighted by Crippen LogP contribution is 1.99. The Bertz CT molecular complexity index is 429. The number of H-pyrrole nitrogens is 1. The summed E-state index contributed by atoms with van der Waals surface area (Å²) in [6.07, 6.45) is 3.39. The van der Waals surface area contributed by atoms with Crippen LogP contribution in [0.4, 0.5) is 0 Å². The Morgan fingerprint density at radius 2 is 2.27 bits per heavy atom. The van der Waals surface area contributed by atoms with Crippen LogP contribution >= 0.6 is 0 Å². The zero-order chi connectivity index (χ0) is 10.7. The van der Waals surface area contributed by atoms with E-state index in [-0.39, 0.29) is 0 Å². The van der Waals surface area contributed by atoms with Crippen molar-refractivity contribution in [2.24, 2.45) is 7.05 Å². The predicted molar refractivity (Wildman–Crippen MR) is 54.9 cm³/mol. The molecule has 0 saturated carbocycles. The number of aryl methyl sites for hydroxylation is 2. The van der Waals surface area contributed by atoms with Crippen LogP contribution in [-0.2, 0) is 20.1 Å². The van der Waals surface area contributed by atoms with Gasteiger partial charge in [-0.1, -0.05) is 0 Å². The van der Waals surface area contributed by atoms with Crippen LogP contribution in [0.1, 0.15) is 17.2 Å². The minimum Gasteiger partial charge on any atom is -0.348 e. The summed E-state index contributed by atoms with van der Waals surface area (Å²) in [5, 5.41) is 7.40. The van der Waals surface area contributed by atoms with Gasteiger partial charge in [-0.3, -0.25) is 4.68 Å². The SMILES string of the molecule is Cc1[nH]cnc1CNCc1ncn(C)n1. The van der Waals surface area contributed by atoms with Crippen molar-refractivity contribution in [3.63, 3.8) is 0 Å². The number of nitrogens with one attached hydrogen (secondary N) is 2.